The molecule has 2 unspecified atom stereocenters. The van der Waals surface area contributed by atoms with Crippen LogP contribution in [0.25, 0.3) is 0 Å². The van der Waals surface area contributed by atoms with Gasteiger partial charge in [-0.05, 0) is 75.9 Å². The zero-order chi connectivity index (χ0) is 30.7. The van der Waals surface area contributed by atoms with Crippen molar-refractivity contribution in [3.63, 3.8) is 0 Å². The number of benzene rings is 3. The van der Waals surface area contributed by atoms with Gasteiger partial charge in [0.1, 0.15) is 6.10 Å². The van der Waals surface area contributed by atoms with Crippen LogP contribution in [0.1, 0.15) is 56.8 Å². The number of piperidine rings is 1. The van der Waals surface area contributed by atoms with Gasteiger partial charge in [0.25, 0.3) is 0 Å². The molecular formula is C31H39ClN2O7S. The maximum absolute atomic E-state index is 11.2. The molecule has 2 aliphatic heterocycles. The molecule has 228 valence electrons. The van der Waals surface area contributed by atoms with Crippen molar-refractivity contribution in [1.82, 2.24) is 4.90 Å². The number of carbonyl (C=O) groups excluding carboxylic acids is 1. The lowest BCUT2D eigenvalue weighted by molar-refractivity contribution is -0.0426. The lowest BCUT2D eigenvalue weighted by Crippen LogP contribution is -2.43. The van der Waals surface area contributed by atoms with Crippen LogP contribution < -0.4 is 5.32 Å². The third kappa shape index (κ3) is 11.7. The number of rotatable bonds is 6. The number of hydrogen-bond donors (Lipinski definition) is 3. The van der Waals surface area contributed by atoms with Gasteiger partial charge in [-0.2, -0.15) is 8.42 Å². The van der Waals surface area contributed by atoms with Gasteiger partial charge in [0.15, 0.2) is 0 Å². The smallest absolute Gasteiger partial charge is 0.411 e. The molecule has 5 rings (SSSR count). The molecule has 2 fully saturated rings. The van der Waals surface area contributed by atoms with Gasteiger partial charge >= 0.3 is 16.5 Å². The van der Waals surface area contributed by atoms with E-state index in [1.807, 2.05) is 0 Å². The maximum Gasteiger partial charge on any atom is 0.411 e. The minimum Gasteiger partial charge on any atom is -0.447 e. The van der Waals surface area contributed by atoms with Crippen LogP contribution in [0.2, 0.25) is 5.02 Å². The summed E-state index contributed by atoms with van der Waals surface area (Å²) < 4.78 is 43.2. The van der Waals surface area contributed by atoms with Crippen molar-refractivity contribution in [3.05, 3.63) is 101 Å². The number of fused-ring (bicyclic) bond motifs is 2. The highest BCUT2D eigenvalue weighted by atomic mass is 35.5. The van der Waals surface area contributed by atoms with Gasteiger partial charge in [0.05, 0.1) is 12.2 Å². The largest absolute Gasteiger partial charge is 0.447 e. The summed E-state index contributed by atoms with van der Waals surface area (Å²) in [6.07, 6.45) is 4.83. The first-order valence-electron chi connectivity index (χ1n) is 13.8. The highest BCUT2D eigenvalue weighted by Gasteiger charge is 2.39. The molecule has 42 heavy (non-hydrogen) atoms. The Morgan fingerprint density at radius 3 is 1.86 bits per heavy atom. The Kier molecular flexibility index (Phi) is 12.8. The van der Waals surface area contributed by atoms with Crippen molar-refractivity contribution in [2.45, 2.75) is 69.9 Å². The average molecular weight is 619 g/mol. The Balaban J connectivity index is 0.000000217. The molecule has 2 atom stereocenters. The molecule has 0 radical (unpaired) electrons. The van der Waals surface area contributed by atoms with E-state index in [1.54, 1.807) is 38.1 Å². The summed E-state index contributed by atoms with van der Waals surface area (Å²) >= 11 is 5.74. The van der Waals surface area contributed by atoms with Gasteiger partial charge in [0.2, 0.25) is 0 Å². The molecule has 11 heteroatoms. The minimum absolute atomic E-state index is 0.0465. The molecular weight excluding hydrogens is 580 g/mol. The first-order valence-corrected chi connectivity index (χ1v) is 15.6. The molecule has 3 aromatic rings. The lowest BCUT2D eigenvalue weighted by atomic mass is 9.97. The molecule has 2 saturated heterocycles. The molecule has 1 amide bonds. The molecule has 2 heterocycles. The van der Waals surface area contributed by atoms with Gasteiger partial charge in [-0.1, -0.05) is 78.3 Å². The Hall–Kier alpha value is -2.99. The van der Waals surface area contributed by atoms with Crippen LogP contribution in [0.3, 0.4) is 0 Å². The monoisotopic (exact) mass is 618 g/mol. The molecule has 0 aromatic heterocycles. The second-order valence-corrected chi connectivity index (χ2v) is 11.9. The van der Waals surface area contributed by atoms with E-state index in [0.717, 1.165) is 0 Å². The number of halogens is 1. The predicted octanol–water partition coefficient (Wildman–Crippen LogP) is 7.06. The summed E-state index contributed by atoms with van der Waals surface area (Å²) in [7, 11) is -2.38. The van der Waals surface area contributed by atoms with Gasteiger partial charge in [-0.25, -0.2) is 4.79 Å². The number of ether oxygens (including phenoxy) is 2. The summed E-state index contributed by atoms with van der Waals surface area (Å²) in [5.74, 6) is 0. The van der Waals surface area contributed by atoms with E-state index in [4.69, 9.17) is 38.6 Å². The molecule has 0 spiro atoms. The predicted molar refractivity (Wildman–Crippen MR) is 164 cm³/mol. The first kappa shape index (κ1) is 33.5. The Morgan fingerprint density at radius 2 is 1.40 bits per heavy atom. The number of anilines is 1. The number of nitrogens with zero attached hydrogens (tertiary/aromatic N) is 1. The van der Waals surface area contributed by atoms with E-state index in [9.17, 15) is 4.79 Å². The lowest BCUT2D eigenvalue weighted by Gasteiger charge is -2.38. The summed E-state index contributed by atoms with van der Waals surface area (Å²) in [4.78, 5) is 13.7. The van der Waals surface area contributed by atoms with E-state index < -0.39 is 16.5 Å². The number of carbonyl (C=O) groups is 1. The van der Waals surface area contributed by atoms with Crippen LogP contribution in [0.4, 0.5) is 10.5 Å². The molecule has 2 bridgehead atoms. The SMILES string of the molecule is CC(C)OC(=O)Nc1cccc(Cl)c1.CN1C2CCC1CC(OC(c1ccccc1)c1ccccc1)C2.O=S(=O)(O)O. The number of hydrogen-bond acceptors (Lipinski definition) is 6. The average Bonchev–Trinajstić information content (AvgIpc) is 3.12. The van der Waals surface area contributed by atoms with Gasteiger partial charge in [-0.15, -0.1) is 0 Å². The fourth-order valence-electron chi connectivity index (χ4n) is 5.20. The van der Waals surface area contributed by atoms with Crippen LogP contribution in [0, 0.1) is 0 Å². The van der Waals surface area contributed by atoms with Gasteiger partial charge < -0.3 is 14.4 Å². The van der Waals surface area contributed by atoms with Crippen molar-refractivity contribution in [2.75, 3.05) is 12.4 Å². The molecule has 0 saturated carbocycles. The highest BCUT2D eigenvalue weighted by molar-refractivity contribution is 7.79. The van der Waals surface area contributed by atoms with Crippen molar-refractivity contribution in [1.29, 1.82) is 0 Å². The molecule has 9 nitrogen and oxygen atoms in total. The maximum atomic E-state index is 11.2. The van der Waals surface area contributed by atoms with Crippen molar-refractivity contribution < 1.29 is 31.8 Å². The summed E-state index contributed by atoms with van der Waals surface area (Å²) in [5.41, 5.74) is 3.14. The first-order chi connectivity index (χ1) is 19.9. The third-order valence-corrected chi connectivity index (χ3v) is 7.24. The summed E-state index contributed by atoms with van der Waals surface area (Å²) in [5, 5.41) is 3.14. The Labute approximate surface area is 253 Å². The standard InChI is InChI=1S/C21H25NO.C10H12ClNO2.H2O4S/c1-22-18-12-13-19(22)15-20(14-18)23-21(16-8-4-2-5-9-16)17-10-6-3-7-11-17;1-7(2)14-10(13)12-9-5-3-4-8(11)6-9;1-5(2,3)4/h2-11,18-21H,12-15H2,1H3;3-7H,1-2H3,(H,12,13);(H2,1,2,3,4). The van der Waals surface area contributed by atoms with E-state index in [-0.39, 0.29) is 12.2 Å². The zero-order valence-electron chi connectivity index (χ0n) is 24.0. The van der Waals surface area contributed by atoms with Crippen molar-refractivity contribution in [2.24, 2.45) is 0 Å². The van der Waals surface area contributed by atoms with Crippen LogP contribution in [0.5, 0.6) is 0 Å². The number of nitrogens with one attached hydrogen (secondary N) is 1. The Bertz CT molecular complexity index is 1300. The van der Waals surface area contributed by atoms with Crippen molar-refractivity contribution in [3.8, 4) is 0 Å². The van der Waals surface area contributed by atoms with Gasteiger partial charge in [0, 0.05) is 22.8 Å². The fourth-order valence-corrected chi connectivity index (χ4v) is 5.39. The van der Waals surface area contributed by atoms with Crippen LogP contribution in [-0.4, -0.2) is 59.9 Å². The molecule has 2 aliphatic rings. The van der Waals surface area contributed by atoms with Gasteiger partial charge in [-0.3, -0.25) is 14.4 Å². The number of amides is 1. The van der Waals surface area contributed by atoms with Crippen molar-refractivity contribution >= 4 is 33.8 Å². The van der Waals surface area contributed by atoms with E-state index in [2.05, 4.69) is 77.9 Å². The van der Waals surface area contributed by atoms with E-state index in [0.29, 0.717) is 28.9 Å². The summed E-state index contributed by atoms with van der Waals surface area (Å²) in [6.45, 7) is 3.58. The second-order valence-electron chi connectivity index (χ2n) is 10.5. The van der Waals surface area contributed by atoms with Crippen LogP contribution in [0.15, 0.2) is 84.9 Å². The topological polar surface area (TPSA) is 125 Å². The highest BCUT2D eigenvalue weighted by Crippen LogP contribution is 2.38. The third-order valence-electron chi connectivity index (χ3n) is 7.00. The van der Waals surface area contributed by atoms with Crippen LogP contribution in [-0.2, 0) is 19.9 Å². The van der Waals surface area contributed by atoms with E-state index in [1.165, 1.54) is 36.8 Å². The second kappa shape index (κ2) is 16.0. The van der Waals surface area contributed by atoms with Crippen LogP contribution >= 0.6 is 11.6 Å². The minimum atomic E-state index is -4.67. The zero-order valence-corrected chi connectivity index (χ0v) is 25.5. The quantitative estimate of drug-likeness (QED) is 0.251. The fraction of sp³-hybridized carbons (Fsp3) is 0.387. The normalized spacial score (nSPS) is 19.8. The van der Waals surface area contributed by atoms with E-state index >= 15 is 0 Å². The molecule has 3 N–H and O–H groups in total. The molecule has 0 aliphatic carbocycles. The summed E-state index contributed by atoms with van der Waals surface area (Å²) in [6, 6.07) is 29.6. The molecule has 3 aromatic carbocycles. The Morgan fingerprint density at radius 1 is 0.905 bits per heavy atom.